The van der Waals surface area contributed by atoms with E-state index in [0.717, 1.165) is 6.07 Å². The lowest BCUT2D eigenvalue weighted by Crippen LogP contribution is -2.47. The van der Waals surface area contributed by atoms with Gasteiger partial charge in [-0.3, -0.25) is 0 Å². The number of cyclic esters (lactones) is 1. The van der Waals surface area contributed by atoms with E-state index in [9.17, 15) is 18.0 Å². The van der Waals surface area contributed by atoms with Crippen LogP contribution in [0.25, 0.3) is 0 Å². The molecule has 1 aliphatic rings. The summed E-state index contributed by atoms with van der Waals surface area (Å²) in [4.78, 5) is 11.3. The van der Waals surface area contributed by atoms with E-state index < -0.39 is 29.3 Å². The number of benzene rings is 1. The van der Waals surface area contributed by atoms with Crippen LogP contribution >= 0.6 is 0 Å². The Morgan fingerprint density at radius 2 is 1.95 bits per heavy atom. The zero-order chi connectivity index (χ0) is 14.3. The Morgan fingerprint density at radius 3 is 2.58 bits per heavy atom. The molecule has 0 aliphatic carbocycles. The van der Waals surface area contributed by atoms with E-state index in [1.807, 2.05) is 0 Å². The summed E-state index contributed by atoms with van der Waals surface area (Å²) < 4.78 is 43.9. The number of amides is 1. The number of rotatable bonds is 1. The van der Waals surface area contributed by atoms with Gasteiger partial charge >= 0.3 is 12.3 Å². The summed E-state index contributed by atoms with van der Waals surface area (Å²) in [7, 11) is 0. The predicted molar refractivity (Wildman–Crippen MR) is 62.4 cm³/mol. The lowest BCUT2D eigenvalue weighted by molar-refractivity contribution is -0.139. The minimum atomic E-state index is -4.45. The second-order valence-electron chi connectivity index (χ2n) is 5.23. The highest BCUT2D eigenvalue weighted by atomic mass is 19.4. The quantitative estimate of drug-likeness (QED) is 0.850. The van der Waals surface area contributed by atoms with Gasteiger partial charge in [-0.25, -0.2) is 4.79 Å². The Bertz CT molecular complexity index is 497. The van der Waals surface area contributed by atoms with E-state index in [1.165, 1.54) is 18.2 Å². The van der Waals surface area contributed by atoms with Gasteiger partial charge in [-0.05, 0) is 11.6 Å². The van der Waals surface area contributed by atoms with E-state index in [1.54, 1.807) is 13.8 Å². The van der Waals surface area contributed by atoms with Crippen molar-refractivity contribution in [1.82, 2.24) is 5.32 Å². The van der Waals surface area contributed by atoms with Crippen molar-refractivity contribution in [2.24, 2.45) is 5.41 Å². The Balaban J connectivity index is 2.48. The number of halogens is 3. The van der Waals surface area contributed by atoms with Crippen LogP contribution in [0.3, 0.4) is 0 Å². The number of alkyl halides is 3. The summed E-state index contributed by atoms with van der Waals surface area (Å²) in [6.45, 7) is 3.59. The summed E-state index contributed by atoms with van der Waals surface area (Å²) in [5.41, 5.74) is -1.28. The number of nitrogens with one attached hydrogen (secondary N) is 1. The maximum absolute atomic E-state index is 13.0. The van der Waals surface area contributed by atoms with Crippen LogP contribution in [-0.4, -0.2) is 12.7 Å². The minimum absolute atomic E-state index is 0.0663. The number of carbonyl (C=O) groups excluding carboxylic acids is 1. The van der Waals surface area contributed by atoms with Crippen LogP contribution < -0.4 is 5.32 Å². The van der Waals surface area contributed by atoms with E-state index >= 15 is 0 Å². The molecule has 1 fully saturated rings. The van der Waals surface area contributed by atoms with Crippen molar-refractivity contribution in [3.63, 3.8) is 0 Å². The van der Waals surface area contributed by atoms with Crippen LogP contribution in [0.1, 0.15) is 31.0 Å². The van der Waals surface area contributed by atoms with Crippen LogP contribution in [0.2, 0.25) is 0 Å². The molecule has 0 unspecified atom stereocenters. The summed E-state index contributed by atoms with van der Waals surface area (Å²) in [6.07, 6.45) is -5.14. The lowest BCUT2D eigenvalue weighted by Gasteiger charge is -2.39. The maximum Gasteiger partial charge on any atom is 0.416 e. The minimum Gasteiger partial charge on any atom is -0.449 e. The van der Waals surface area contributed by atoms with Crippen LogP contribution in [0.15, 0.2) is 24.3 Å². The fourth-order valence-electron chi connectivity index (χ4n) is 2.20. The molecule has 0 saturated carbocycles. The number of carbonyl (C=O) groups is 1. The lowest BCUT2D eigenvalue weighted by atomic mass is 9.79. The molecular weight excluding hydrogens is 259 g/mol. The van der Waals surface area contributed by atoms with Gasteiger partial charge in [-0.15, -0.1) is 0 Å². The molecule has 1 atom stereocenters. The molecule has 104 valence electrons. The number of alkyl carbamates (subject to hydrolysis) is 1. The molecule has 0 radical (unpaired) electrons. The predicted octanol–water partition coefficient (Wildman–Crippen LogP) is 3.51. The first-order chi connectivity index (χ1) is 8.72. The highest BCUT2D eigenvalue weighted by Crippen LogP contribution is 2.42. The molecule has 2 rings (SSSR count). The Labute approximate surface area is 108 Å². The smallest absolute Gasteiger partial charge is 0.416 e. The second-order valence-corrected chi connectivity index (χ2v) is 5.23. The molecule has 19 heavy (non-hydrogen) atoms. The topological polar surface area (TPSA) is 38.3 Å². The van der Waals surface area contributed by atoms with Crippen molar-refractivity contribution in [3.8, 4) is 0 Å². The van der Waals surface area contributed by atoms with Crippen molar-refractivity contribution in [1.29, 1.82) is 0 Å². The molecule has 0 bridgehead atoms. The van der Waals surface area contributed by atoms with Crippen molar-refractivity contribution in [2.75, 3.05) is 6.61 Å². The highest BCUT2D eigenvalue weighted by molar-refractivity contribution is 5.69. The summed E-state index contributed by atoms with van der Waals surface area (Å²) in [6, 6.07) is 4.54. The van der Waals surface area contributed by atoms with Crippen molar-refractivity contribution < 1.29 is 22.7 Å². The largest absolute Gasteiger partial charge is 0.449 e. The molecule has 1 aromatic rings. The zero-order valence-corrected chi connectivity index (χ0v) is 10.5. The monoisotopic (exact) mass is 273 g/mol. The van der Waals surface area contributed by atoms with Crippen LogP contribution in [-0.2, 0) is 10.9 Å². The third-order valence-electron chi connectivity index (χ3n) is 3.20. The standard InChI is InChI=1S/C13H14F3NO2/c1-12(2)7-19-11(18)17-10(12)8-5-3-4-6-9(8)13(14,15)16/h3-6,10H,7H2,1-2H3,(H,17,18)/t10-/m1/s1. The van der Waals surface area contributed by atoms with Crippen molar-refractivity contribution in [3.05, 3.63) is 35.4 Å². The van der Waals surface area contributed by atoms with Gasteiger partial charge in [0.2, 0.25) is 0 Å². The zero-order valence-electron chi connectivity index (χ0n) is 10.5. The van der Waals surface area contributed by atoms with Gasteiger partial charge in [0.05, 0.1) is 11.6 Å². The van der Waals surface area contributed by atoms with E-state index in [0.29, 0.717) is 0 Å². The van der Waals surface area contributed by atoms with Gasteiger partial charge in [-0.2, -0.15) is 13.2 Å². The van der Waals surface area contributed by atoms with Crippen LogP contribution in [0.5, 0.6) is 0 Å². The molecule has 1 N–H and O–H groups in total. The highest BCUT2D eigenvalue weighted by Gasteiger charge is 2.43. The molecule has 0 spiro atoms. The van der Waals surface area contributed by atoms with Gasteiger partial charge in [-0.1, -0.05) is 32.0 Å². The Kier molecular flexibility index (Phi) is 3.20. The van der Waals surface area contributed by atoms with Crippen molar-refractivity contribution in [2.45, 2.75) is 26.1 Å². The van der Waals surface area contributed by atoms with Crippen LogP contribution in [0.4, 0.5) is 18.0 Å². The maximum atomic E-state index is 13.0. The van der Waals surface area contributed by atoms with Gasteiger partial charge in [0.15, 0.2) is 0 Å². The average molecular weight is 273 g/mol. The molecule has 1 amide bonds. The molecule has 6 heteroatoms. The number of hydrogen-bond acceptors (Lipinski definition) is 2. The Morgan fingerprint density at radius 1 is 1.32 bits per heavy atom. The van der Waals surface area contributed by atoms with E-state index in [4.69, 9.17) is 4.74 Å². The second kappa shape index (κ2) is 4.43. The SMILES string of the molecule is CC1(C)COC(=O)N[C@@H]1c1ccccc1C(F)(F)F. The van der Waals surface area contributed by atoms with Crippen molar-refractivity contribution >= 4 is 6.09 Å². The Hall–Kier alpha value is -1.72. The molecule has 1 aromatic carbocycles. The first-order valence-electron chi connectivity index (χ1n) is 5.81. The van der Waals surface area contributed by atoms with Gasteiger partial charge in [0, 0.05) is 5.41 Å². The van der Waals surface area contributed by atoms with E-state index in [-0.39, 0.29) is 12.2 Å². The molecule has 0 aromatic heterocycles. The average Bonchev–Trinajstić information content (AvgIpc) is 2.31. The molecule has 1 saturated heterocycles. The number of ether oxygens (including phenoxy) is 1. The first kappa shape index (κ1) is 13.7. The third-order valence-corrected chi connectivity index (χ3v) is 3.20. The molecular formula is C13H14F3NO2. The first-order valence-corrected chi connectivity index (χ1v) is 5.81. The fourth-order valence-corrected chi connectivity index (χ4v) is 2.20. The van der Waals surface area contributed by atoms with Crippen LogP contribution in [0, 0.1) is 5.41 Å². The summed E-state index contributed by atoms with van der Waals surface area (Å²) in [5, 5.41) is 2.47. The van der Waals surface area contributed by atoms with E-state index in [2.05, 4.69) is 5.32 Å². The molecule has 3 nitrogen and oxygen atoms in total. The molecule has 1 heterocycles. The molecule has 1 aliphatic heterocycles. The third kappa shape index (κ3) is 2.67. The summed E-state index contributed by atoms with van der Waals surface area (Å²) >= 11 is 0. The number of hydrogen-bond donors (Lipinski definition) is 1. The normalized spacial score (nSPS) is 22.6. The summed E-state index contributed by atoms with van der Waals surface area (Å²) in [5.74, 6) is 0. The fraction of sp³-hybridized carbons (Fsp3) is 0.462. The van der Waals surface area contributed by atoms with Gasteiger partial charge < -0.3 is 10.1 Å². The van der Waals surface area contributed by atoms with Gasteiger partial charge in [0.1, 0.15) is 6.61 Å². The van der Waals surface area contributed by atoms with Gasteiger partial charge in [0.25, 0.3) is 0 Å².